The largest absolute Gasteiger partial charge is 0.219 e. The van der Waals surface area contributed by atoms with E-state index in [0.29, 0.717) is 12.0 Å². The molecule has 110 valence electrons. The maximum absolute atomic E-state index is 7.84. The number of hydrogen-bond acceptors (Lipinski definition) is 4. The maximum Gasteiger partial charge on any atom is 0.0854 e. The number of hydrogen-bond donors (Lipinski definition) is 1. The molecule has 0 amide bonds. The van der Waals surface area contributed by atoms with E-state index in [1.165, 1.54) is 44.9 Å². The predicted molar refractivity (Wildman–Crippen MR) is 71.8 cm³/mol. The normalized spacial score (nSPS) is 12.0. The highest BCUT2D eigenvalue weighted by atomic mass is 17.6. The van der Waals surface area contributed by atoms with Crippen LogP contribution in [0.5, 0.6) is 0 Å². The zero-order valence-electron chi connectivity index (χ0n) is 12.2. The van der Waals surface area contributed by atoms with E-state index in [4.69, 9.17) is 5.26 Å². The number of unbranched alkanes of at least 4 members (excludes halogenated alkanes) is 4. The average molecular weight is 262 g/mol. The molecule has 0 spiro atoms. The molecule has 0 unspecified atom stereocenters. The van der Waals surface area contributed by atoms with Gasteiger partial charge >= 0.3 is 0 Å². The molecule has 0 aliphatic carbocycles. The zero-order chi connectivity index (χ0) is 13.7. The van der Waals surface area contributed by atoms with Gasteiger partial charge in [-0.25, -0.2) is 10.1 Å². The van der Waals surface area contributed by atoms with Gasteiger partial charge in [0.1, 0.15) is 0 Å². The Labute approximate surface area is 111 Å². The highest BCUT2D eigenvalue weighted by molar-refractivity contribution is 4.74. The van der Waals surface area contributed by atoms with Gasteiger partial charge in [0.05, 0.1) is 6.61 Å². The molecule has 0 aromatic rings. The van der Waals surface area contributed by atoms with Gasteiger partial charge in [-0.05, 0) is 28.3 Å². The minimum Gasteiger partial charge on any atom is -0.219 e. The van der Waals surface area contributed by atoms with E-state index in [2.05, 4.69) is 35.7 Å². The van der Waals surface area contributed by atoms with E-state index < -0.39 is 0 Å². The van der Waals surface area contributed by atoms with E-state index in [0.717, 1.165) is 12.8 Å². The molecule has 0 aromatic heterocycles. The molecule has 0 rings (SSSR count). The smallest absolute Gasteiger partial charge is 0.0854 e. The van der Waals surface area contributed by atoms with Crippen molar-refractivity contribution in [2.45, 2.75) is 78.6 Å². The fraction of sp³-hybridized carbons (Fsp3) is 1.00. The van der Waals surface area contributed by atoms with Crippen molar-refractivity contribution in [2.24, 2.45) is 5.41 Å². The fourth-order valence-corrected chi connectivity index (χ4v) is 2.53. The lowest BCUT2D eigenvalue weighted by Crippen LogP contribution is -2.17. The summed E-state index contributed by atoms with van der Waals surface area (Å²) in [6, 6.07) is 0. The summed E-state index contributed by atoms with van der Waals surface area (Å²) in [5.41, 5.74) is 0.579. The summed E-state index contributed by atoms with van der Waals surface area (Å²) in [4.78, 5) is 4.52. The first-order valence-corrected chi connectivity index (χ1v) is 7.34. The van der Waals surface area contributed by atoms with Gasteiger partial charge in [-0.3, -0.25) is 0 Å². The van der Waals surface area contributed by atoms with Gasteiger partial charge in [0.2, 0.25) is 0 Å². The van der Waals surface area contributed by atoms with Crippen molar-refractivity contribution in [3.05, 3.63) is 0 Å². The van der Waals surface area contributed by atoms with Crippen LogP contribution >= 0.6 is 0 Å². The van der Waals surface area contributed by atoms with Crippen LogP contribution in [-0.4, -0.2) is 11.9 Å². The molecule has 0 atom stereocenters. The Morgan fingerprint density at radius 3 is 1.94 bits per heavy atom. The lowest BCUT2D eigenvalue weighted by Gasteiger charge is -2.30. The third-order valence-electron chi connectivity index (χ3n) is 4.26. The van der Waals surface area contributed by atoms with Gasteiger partial charge in [-0.2, -0.15) is 0 Å². The van der Waals surface area contributed by atoms with Crippen LogP contribution in [0.25, 0.3) is 0 Å². The SMILES string of the molecule is CCC(CC)(CC)CCCCCCCOOOO. The second-order valence-electron chi connectivity index (χ2n) is 5.04. The van der Waals surface area contributed by atoms with Crippen LogP contribution < -0.4 is 0 Å². The first-order chi connectivity index (χ1) is 8.74. The molecule has 0 aliphatic rings. The summed E-state index contributed by atoms with van der Waals surface area (Å²) in [5.74, 6) is 0. The van der Waals surface area contributed by atoms with E-state index >= 15 is 0 Å². The summed E-state index contributed by atoms with van der Waals surface area (Å²) in [5, 5.41) is 15.1. The first kappa shape index (κ1) is 17.8. The molecule has 4 heteroatoms. The third kappa shape index (κ3) is 8.03. The molecule has 0 radical (unpaired) electrons. The lowest BCUT2D eigenvalue weighted by atomic mass is 9.75. The Bertz CT molecular complexity index is 161. The Balaban J connectivity index is 3.38. The molecular weight excluding hydrogens is 232 g/mol. The quantitative estimate of drug-likeness (QED) is 0.291. The van der Waals surface area contributed by atoms with Crippen molar-refractivity contribution in [3.63, 3.8) is 0 Å². The average Bonchev–Trinajstić information content (AvgIpc) is 2.42. The second-order valence-corrected chi connectivity index (χ2v) is 5.04. The molecule has 4 nitrogen and oxygen atoms in total. The Kier molecular flexibility index (Phi) is 11.8. The monoisotopic (exact) mass is 262 g/mol. The van der Waals surface area contributed by atoms with Crippen LogP contribution in [0.1, 0.15) is 78.6 Å². The molecule has 18 heavy (non-hydrogen) atoms. The molecule has 1 N–H and O–H groups in total. The Hall–Kier alpha value is -0.160. The van der Waals surface area contributed by atoms with Crippen molar-refractivity contribution in [3.8, 4) is 0 Å². The highest BCUT2D eigenvalue weighted by Gasteiger charge is 2.22. The maximum atomic E-state index is 7.84. The third-order valence-corrected chi connectivity index (χ3v) is 4.26. The van der Waals surface area contributed by atoms with Gasteiger partial charge in [0, 0.05) is 0 Å². The summed E-state index contributed by atoms with van der Waals surface area (Å²) in [6.07, 6.45) is 11.2. The molecule has 0 saturated heterocycles. The van der Waals surface area contributed by atoms with Crippen LogP contribution in [0.15, 0.2) is 0 Å². The van der Waals surface area contributed by atoms with Crippen molar-refractivity contribution >= 4 is 0 Å². The molecule has 0 fully saturated rings. The van der Waals surface area contributed by atoms with Crippen LogP contribution in [0.2, 0.25) is 0 Å². The summed E-state index contributed by atoms with van der Waals surface area (Å²) in [6.45, 7) is 7.40. The minimum atomic E-state index is 0.462. The Morgan fingerprint density at radius 2 is 1.39 bits per heavy atom. The zero-order valence-corrected chi connectivity index (χ0v) is 12.2. The van der Waals surface area contributed by atoms with Crippen molar-refractivity contribution < 1.29 is 20.2 Å². The molecule has 0 aromatic carbocycles. The Morgan fingerprint density at radius 1 is 0.833 bits per heavy atom. The van der Waals surface area contributed by atoms with Gasteiger partial charge in [0.25, 0.3) is 0 Å². The predicted octanol–water partition coefficient (Wildman–Crippen LogP) is 4.90. The molecule has 0 heterocycles. The topological polar surface area (TPSA) is 47.9 Å². The second kappa shape index (κ2) is 11.9. The van der Waals surface area contributed by atoms with Crippen molar-refractivity contribution in [1.29, 1.82) is 0 Å². The molecule has 0 aliphatic heterocycles. The van der Waals surface area contributed by atoms with Crippen LogP contribution in [0.3, 0.4) is 0 Å². The lowest BCUT2D eigenvalue weighted by molar-refractivity contribution is -0.623. The standard InChI is InChI=1S/C14H30O4/c1-4-14(5-2,6-3)12-10-8-7-9-11-13-16-18-17-15/h15H,4-13H2,1-3H3. The summed E-state index contributed by atoms with van der Waals surface area (Å²) in [7, 11) is 0. The van der Waals surface area contributed by atoms with Gasteiger partial charge in [-0.15, -0.1) is 0 Å². The van der Waals surface area contributed by atoms with Crippen molar-refractivity contribution in [2.75, 3.05) is 6.61 Å². The highest BCUT2D eigenvalue weighted by Crippen LogP contribution is 2.36. The van der Waals surface area contributed by atoms with Gasteiger partial charge in [0.15, 0.2) is 0 Å². The van der Waals surface area contributed by atoms with Crippen LogP contribution in [0, 0.1) is 5.41 Å². The summed E-state index contributed by atoms with van der Waals surface area (Å²) < 4.78 is 0. The van der Waals surface area contributed by atoms with Crippen molar-refractivity contribution in [1.82, 2.24) is 0 Å². The van der Waals surface area contributed by atoms with E-state index in [9.17, 15) is 0 Å². The fourth-order valence-electron chi connectivity index (χ4n) is 2.53. The number of rotatable bonds is 13. The van der Waals surface area contributed by atoms with E-state index in [1.807, 2.05) is 0 Å². The minimum absolute atomic E-state index is 0.462. The molecular formula is C14H30O4. The molecule has 0 saturated carbocycles. The van der Waals surface area contributed by atoms with Crippen LogP contribution in [-0.2, 0) is 15.0 Å². The molecule has 0 bridgehead atoms. The summed E-state index contributed by atoms with van der Waals surface area (Å²) >= 11 is 0. The van der Waals surface area contributed by atoms with Crippen LogP contribution in [0.4, 0.5) is 0 Å². The van der Waals surface area contributed by atoms with Gasteiger partial charge < -0.3 is 0 Å². The first-order valence-electron chi connectivity index (χ1n) is 7.34. The van der Waals surface area contributed by atoms with E-state index in [-0.39, 0.29) is 0 Å². The van der Waals surface area contributed by atoms with Gasteiger partial charge in [-0.1, -0.05) is 65.7 Å². The van der Waals surface area contributed by atoms with E-state index in [1.54, 1.807) is 0 Å².